The Bertz CT molecular complexity index is 1120. The molecule has 3 heteroatoms. The van der Waals surface area contributed by atoms with E-state index >= 15 is 0 Å². The number of aromatic amines is 1. The zero-order chi connectivity index (χ0) is 18.4. The van der Waals surface area contributed by atoms with E-state index in [1.807, 2.05) is 12.1 Å². The number of ether oxygens (including phenoxy) is 1. The lowest BCUT2D eigenvalue weighted by molar-refractivity contribution is 0.414. The first-order valence-electron chi connectivity index (χ1n) is 9.79. The highest BCUT2D eigenvalue weighted by atomic mass is 16.5. The summed E-state index contributed by atoms with van der Waals surface area (Å²) < 4.78 is 5.30. The van der Waals surface area contributed by atoms with Crippen LogP contribution in [0.5, 0.6) is 5.75 Å². The summed E-state index contributed by atoms with van der Waals surface area (Å²) >= 11 is 0. The summed E-state index contributed by atoms with van der Waals surface area (Å²) in [5.41, 5.74) is 7.59. The topological polar surface area (TPSA) is 37.9 Å². The lowest BCUT2D eigenvalue weighted by Crippen LogP contribution is -2.12. The van der Waals surface area contributed by atoms with Gasteiger partial charge in [-0.05, 0) is 54.5 Å². The van der Waals surface area contributed by atoms with Crippen molar-refractivity contribution in [3.05, 3.63) is 71.0 Å². The van der Waals surface area contributed by atoms with Gasteiger partial charge in [0.1, 0.15) is 5.75 Å². The van der Waals surface area contributed by atoms with Crippen LogP contribution in [0.25, 0.3) is 21.8 Å². The Morgan fingerprint density at radius 3 is 2.74 bits per heavy atom. The van der Waals surface area contributed by atoms with Crippen LogP contribution in [0.3, 0.4) is 0 Å². The predicted molar refractivity (Wildman–Crippen MR) is 111 cm³/mol. The van der Waals surface area contributed by atoms with Gasteiger partial charge in [-0.1, -0.05) is 37.3 Å². The number of hydrogen-bond donors (Lipinski definition) is 1. The summed E-state index contributed by atoms with van der Waals surface area (Å²) in [7, 11) is 1.70. The van der Waals surface area contributed by atoms with E-state index in [2.05, 4.69) is 48.3 Å². The third-order valence-corrected chi connectivity index (χ3v) is 5.92. The van der Waals surface area contributed by atoms with E-state index in [-0.39, 0.29) is 0 Å². The second-order valence-electron chi connectivity index (χ2n) is 7.66. The van der Waals surface area contributed by atoms with Gasteiger partial charge < -0.3 is 9.72 Å². The summed E-state index contributed by atoms with van der Waals surface area (Å²) in [5, 5.41) is 2.72. The number of rotatable bonds is 3. The quantitative estimate of drug-likeness (QED) is 0.507. The number of fused-ring (bicyclic) bond motifs is 5. The average molecular weight is 356 g/mol. The molecule has 4 aromatic rings. The predicted octanol–water partition coefficient (Wildman–Crippen LogP) is 5.76. The van der Waals surface area contributed by atoms with Crippen molar-refractivity contribution in [2.24, 2.45) is 0 Å². The zero-order valence-corrected chi connectivity index (χ0v) is 15.9. The Labute approximate surface area is 159 Å². The molecule has 0 saturated carbocycles. The monoisotopic (exact) mass is 356 g/mol. The van der Waals surface area contributed by atoms with Crippen LogP contribution >= 0.6 is 0 Å². The van der Waals surface area contributed by atoms with Crippen LogP contribution in [0.15, 0.2) is 48.5 Å². The second-order valence-corrected chi connectivity index (χ2v) is 7.66. The van der Waals surface area contributed by atoms with E-state index in [4.69, 9.17) is 9.72 Å². The summed E-state index contributed by atoms with van der Waals surface area (Å²) in [5.74, 6) is 1.42. The van der Waals surface area contributed by atoms with Gasteiger partial charge >= 0.3 is 0 Å². The molecule has 0 radical (unpaired) electrons. The van der Waals surface area contributed by atoms with Crippen LogP contribution in [-0.2, 0) is 12.8 Å². The molecule has 136 valence electrons. The van der Waals surface area contributed by atoms with E-state index in [9.17, 15) is 0 Å². The van der Waals surface area contributed by atoms with Gasteiger partial charge in [0.2, 0.25) is 0 Å². The summed E-state index contributed by atoms with van der Waals surface area (Å²) in [6, 6.07) is 17.0. The molecule has 1 aliphatic carbocycles. The Morgan fingerprint density at radius 2 is 1.93 bits per heavy atom. The lowest BCUT2D eigenvalue weighted by atomic mass is 9.85. The first-order chi connectivity index (χ1) is 13.2. The molecule has 3 nitrogen and oxygen atoms in total. The fraction of sp³-hybridized carbons (Fsp3) is 0.292. The Kier molecular flexibility index (Phi) is 3.89. The minimum atomic E-state index is 0.529. The first-order valence-corrected chi connectivity index (χ1v) is 9.79. The smallest absolute Gasteiger partial charge is 0.118 e. The number of aryl methyl sites for hydroxylation is 1. The number of aromatic nitrogens is 2. The molecule has 2 heterocycles. The summed E-state index contributed by atoms with van der Waals surface area (Å²) in [6.07, 6.45) is 4.44. The minimum Gasteiger partial charge on any atom is -0.497 e. The average Bonchev–Trinajstić information content (AvgIpc) is 3.10. The normalized spacial score (nSPS) is 16.6. The van der Waals surface area contributed by atoms with Crippen molar-refractivity contribution in [3.8, 4) is 5.75 Å². The number of benzene rings is 2. The molecule has 1 atom stereocenters. The van der Waals surface area contributed by atoms with Crippen LogP contribution in [-0.4, -0.2) is 17.1 Å². The van der Waals surface area contributed by atoms with Gasteiger partial charge in [-0.15, -0.1) is 0 Å². The molecular formula is C24H24N2O. The van der Waals surface area contributed by atoms with Gasteiger partial charge in [-0.25, -0.2) is 0 Å². The van der Waals surface area contributed by atoms with Crippen molar-refractivity contribution in [2.75, 3.05) is 7.11 Å². The zero-order valence-electron chi connectivity index (χ0n) is 15.9. The fourth-order valence-corrected chi connectivity index (χ4v) is 4.52. The first kappa shape index (κ1) is 16.4. The molecule has 1 N–H and O–H groups in total. The van der Waals surface area contributed by atoms with E-state index in [1.165, 1.54) is 51.5 Å². The van der Waals surface area contributed by atoms with Gasteiger partial charge in [0.25, 0.3) is 0 Å². The van der Waals surface area contributed by atoms with Crippen molar-refractivity contribution in [2.45, 2.75) is 38.5 Å². The summed E-state index contributed by atoms with van der Waals surface area (Å²) in [4.78, 5) is 8.86. The number of para-hydroxylation sites is 1. The maximum Gasteiger partial charge on any atom is 0.118 e. The highest BCUT2D eigenvalue weighted by Crippen LogP contribution is 2.39. The van der Waals surface area contributed by atoms with E-state index in [1.54, 1.807) is 7.11 Å². The van der Waals surface area contributed by atoms with Crippen LogP contribution in [0.1, 0.15) is 48.2 Å². The maximum absolute atomic E-state index is 5.30. The summed E-state index contributed by atoms with van der Waals surface area (Å²) in [6.45, 7) is 2.32. The number of methoxy groups -OCH3 is 1. The van der Waals surface area contributed by atoms with Crippen LogP contribution in [0.4, 0.5) is 0 Å². The third kappa shape index (κ3) is 2.69. The molecule has 0 spiro atoms. The molecule has 0 fully saturated rings. The molecule has 1 aliphatic rings. The highest BCUT2D eigenvalue weighted by molar-refractivity contribution is 6.10. The molecular weight excluding hydrogens is 332 g/mol. The van der Waals surface area contributed by atoms with Gasteiger partial charge in [0.15, 0.2) is 0 Å². The van der Waals surface area contributed by atoms with Crippen molar-refractivity contribution < 1.29 is 4.74 Å². The number of nitrogens with one attached hydrogen (secondary N) is 1. The fourth-order valence-electron chi connectivity index (χ4n) is 4.52. The molecule has 27 heavy (non-hydrogen) atoms. The van der Waals surface area contributed by atoms with Gasteiger partial charge in [-0.3, -0.25) is 4.98 Å². The highest BCUT2D eigenvalue weighted by Gasteiger charge is 2.24. The molecule has 1 unspecified atom stereocenters. The Hall–Kier alpha value is -2.81. The Balaban J connectivity index is 1.73. The van der Waals surface area contributed by atoms with Crippen molar-refractivity contribution in [1.82, 2.24) is 9.97 Å². The van der Waals surface area contributed by atoms with Crippen molar-refractivity contribution in [3.63, 3.8) is 0 Å². The van der Waals surface area contributed by atoms with Crippen LogP contribution in [0, 0.1) is 0 Å². The van der Waals surface area contributed by atoms with Gasteiger partial charge in [0, 0.05) is 28.4 Å². The lowest BCUT2D eigenvalue weighted by Gasteiger charge is -2.23. The minimum absolute atomic E-state index is 0.529. The number of nitrogens with zero attached hydrogens (tertiary/aromatic N) is 1. The second kappa shape index (κ2) is 6.41. The molecule has 0 amide bonds. The van der Waals surface area contributed by atoms with E-state index in [0.717, 1.165) is 24.3 Å². The molecule has 0 bridgehead atoms. The van der Waals surface area contributed by atoms with Gasteiger partial charge in [-0.2, -0.15) is 0 Å². The number of H-pyrrole nitrogens is 1. The molecule has 5 rings (SSSR count). The van der Waals surface area contributed by atoms with Crippen molar-refractivity contribution >= 4 is 21.8 Å². The van der Waals surface area contributed by atoms with E-state index in [0.29, 0.717) is 5.92 Å². The SMILES string of the molecule is COc1ccc(Cc2nc3c(c4c2[nH]c2ccccc24)CCCC3C)cc1. The van der Waals surface area contributed by atoms with Crippen LogP contribution in [0.2, 0.25) is 0 Å². The largest absolute Gasteiger partial charge is 0.497 e. The number of pyridine rings is 1. The molecule has 2 aromatic carbocycles. The Morgan fingerprint density at radius 1 is 1.11 bits per heavy atom. The van der Waals surface area contributed by atoms with E-state index < -0.39 is 0 Å². The maximum atomic E-state index is 5.30. The van der Waals surface area contributed by atoms with Gasteiger partial charge in [0.05, 0.1) is 18.3 Å². The molecule has 2 aromatic heterocycles. The van der Waals surface area contributed by atoms with Crippen LogP contribution < -0.4 is 4.74 Å². The third-order valence-electron chi connectivity index (χ3n) is 5.92. The number of hydrogen-bond acceptors (Lipinski definition) is 2. The molecule has 0 saturated heterocycles. The molecule has 0 aliphatic heterocycles. The van der Waals surface area contributed by atoms with Crippen molar-refractivity contribution in [1.29, 1.82) is 0 Å². The standard InChI is InChI=1S/C24H24N2O/c1-15-6-5-8-19-22-18-7-3-4-9-20(18)25-24(22)21(26-23(15)19)14-16-10-12-17(27-2)13-11-16/h3-4,7,9-13,15,25H,5-6,8,14H2,1-2H3.